The van der Waals surface area contributed by atoms with Gasteiger partial charge in [0.1, 0.15) is 11.2 Å². The van der Waals surface area contributed by atoms with Crippen LogP contribution in [0.5, 0.6) is 0 Å². The van der Waals surface area contributed by atoms with Gasteiger partial charge in [0.25, 0.3) is 0 Å². The van der Waals surface area contributed by atoms with Crippen molar-refractivity contribution in [1.29, 1.82) is 0 Å². The highest BCUT2D eigenvalue weighted by Gasteiger charge is 2.42. The zero-order valence-electron chi connectivity index (χ0n) is 17.6. The molecule has 0 aliphatic carbocycles. The third-order valence-corrected chi connectivity index (χ3v) is 8.69. The van der Waals surface area contributed by atoms with Crippen molar-refractivity contribution < 1.29 is 19.1 Å². The van der Waals surface area contributed by atoms with Crippen molar-refractivity contribution in [3.63, 3.8) is 0 Å². The van der Waals surface area contributed by atoms with Crippen molar-refractivity contribution in [1.82, 2.24) is 4.90 Å². The van der Waals surface area contributed by atoms with Crippen molar-refractivity contribution in [3.05, 3.63) is 64.3 Å². The van der Waals surface area contributed by atoms with E-state index in [1.54, 1.807) is 4.90 Å². The van der Waals surface area contributed by atoms with Crippen LogP contribution in [0.3, 0.4) is 0 Å². The predicted molar refractivity (Wildman–Crippen MR) is 145 cm³/mol. The minimum absolute atomic E-state index is 0.331. The van der Waals surface area contributed by atoms with Crippen LogP contribution in [0.25, 0.3) is 0 Å². The molecule has 0 aromatic heterocycles. The molecule has 1 aliphatic rings. The Morgan fingerprint density at radius 2 is 1.61 bits per heavy atom. The van der Waals surface area contributed by atoms with Crippen LogP contribution < -0.4 is 0 Å². The maximum Gasteiger partial charge on any atom is 0.410 e. The number of carbonyl (C=O) groups is 2. The second-order valence-electron chi connectivity index (χ2n) is 8.47. The average molecular weight is 759 g/mol. The number of nitrogens with zero attached hydrogens (tertiary/aromatic N) is 1. The second-order valence-corrected chi connectivity index (χ2v) is 12.0. The fourth-order valence-electron chi connectivity index (χ4n) is 3.51. The highest BCUT2D eigenvalue weighted by atomic mass is 127. The lowest BCUT2D eigenvalue weighted by molar-refractivity contribution is -0.0581. The Morgan fingerprint density at radius 3 is 2.19 bits per heavy atom. The molecule has 0 bridgehead atoms. The number of esters is 1. The Balaban J connectivity index is 1.86. The van der Waals surface area contributed by atoms with E-state index in [0.29, 0.717) is 31.5 Å². The van der Waals surface area contributed by atoms with Gasteiger partial charge in [-0.05, 0) is 106 Å². The van der Waals surface area contributed by atoms with E-state index in [1.807, 2.05) is 63.2 Å². The summed E-state index contributed by atoms with van der Waals surface area (Å²) < 4.78 is 14.7. The zero-order valence-corrected chi connectivity index (χ0v) is 24.1. The molecule has 0 spiro atoms. The van der Waals surface area contributed by atoms with Crippen LogP contribution >= 0.6 is 67.8 Å². The molecule has 0 N–H and O–H groups in total. The van der Waals surface area contributed by atoms with Crippen LogP contribution in [0.1, 0.15) is 49.5 Å². The van der Waals surface area contributed by atoms with Gasteiger partial charge in [-0.2, -0.15) is 0 Å². The van der Waals surface area contributed by atoms with Gasteiger partial charge in [-0.1, -0.05) is 30.3 Å². The molecule has 1 saturated heterocycles. The van der Waals surface area contributed by atoms with E-state index < -0.39 is 11.2 Å². The summed E-state index contributed by atoms with van der Waals surface area (Å²) in [7, 11) is 0. The molecule has 1 fully saturated rings. The first-order valence-corrected chi connectivity index (χ1v) is 13.2. The molecule has 0 unspecified atom stereocenters. The van der Waals surface area contributed by atoms with Crippen LogP contribution in [0.15, 0.2) is 42.5 Å². The summed E-state index contributed by atoms with van der Waals surface area (Å²) >= 11 is 6.64. The number of piperidine rings is 1. The number of ether oxygens (including phenoxy) is 2. The summed E-state index contributed by atoms with van der Waals surface area (Å²) in [5.41, 5.74) is 0.187. The summed E-state index contributed by atoms with van der Waals surface area (Å²) in [6.45, 7) is 6.48. The molecule has 0 radical (unpaired) electrons. The Labute approximate surface area is 224 Å². The molecular weight excluding hydrogens is 735 g/mol. The number of benzene rings is 2. The molecule has 166 valence electrons. The molecule has 31 heavy (non-hydrogen) atoms. The van der Waals surface area contributed by atoms with Crippen molar-refractivity contribution in [2.75, 3.05) is 13.1 Å². The largest absolute Gasteiger partial charge is 0.450 e. The number of carbonyl (C=O) groups excluding carboxylic acids is 2. The highest BCUT2D eigenvalue weighted by molar-refractivity contribution is 14.1. The monoisotopic (exact) mass is 759 g/mol. The first-order valence-electron chi connectivity index (χ1n) is 9.92. The van der Waals surface area contributed by atoms with Crippen LogP contribution in [-0.2, 0) is 15.1 Å². The molecule has 0 atom stereocenters. The van der Waals surface area contributed by atoms with Gasteiger partial charge < -0.3 is 14.4 Å². The lowest BCUT2D eigenvalue weighted by Gasteiger charge is -2.41. The van der Waals surface area contributed by atoms with Crippen molar-refractivity contribution in [2.24, 2.45) is 0 Å². The maximum absolute atomic E-state index is 13.3. The Morgan fingerprint density at radius 1 is 1.00 bits per heavy atom. The maximum atomic E-state index is 13.3. The molecule has 3 rings (SSSR count). The van der Waals surface area contributed by atoms with Gasteiger partial charge >= 0.3 is 12.1 Å². The van der Waals surface area contributed by atoms with Gasteiger partial charge in [-0.15, -0.1) is 0 Å². The third-order valence-electron chi connectivity index (χ3n) is 5.02. The summed E-state index contributed by atoms with van der Waals surface area (Å²) in [5.74, 6) is -0.338. The standard InChI is InChI=1S/C23H24I3NO4/c1-22(2,3)31-21(29)27-11-9-23(10-12-27,15-7-5-4-6-8-15)30-20(28)17-13-16(24)14-18(25)19(17)26/h4-8,13-14H,9-12H2,1-3H3. The molecule has 1 amide bonds. The summed E-state index contributed by atoms with van der Waals surface area (Å²) in [5, 5.41) is 0. The molecule has 1 aliphatic heterocycles. The molecule has 2 aromatic rings. The Bertz CT molecular complexity index is 965. The van der Waals surface area contributed by atoms with E-state index >= 15 is 0 Å². The molecular formula is C23H24I3NO4. The molecule has 2 aromatic carbocycles. The lowest BCUT2D eigenvalue weighted by Crippen LogP contribution is -2.48. The number of rotatable bonds is 3. The summed E-state index contributed by atoms with van der Waals surface area (Å²) in [4.78, 5) is 27.5. The highest BCUT2D eigenvalue weighted by Crippen LogP contribution is 2.38. The second kappa shape index (κ2) is 10.1. The topological polar surface area (TPSA) is 55.8 Å². The van der Waals surface area contributed by atoms with Crippen LogP contribution in [0.4, 0.5) is 4.79 Å². The number of hydrogen-bond acceptors (Lipinski definition) is 4. The van der Waals surface area contributed by atoms with Gasteiger partial charge in [0.15, 0.2) is 0 Å². The van der Waals surface area contributed by atoms with Gasteiger partial charge in [-0.25, -0.2) is 9.59 Å². The minimum atomic E-state index is -0.785. The van der Waals surface area contributed by atoms with Gasteiger partial charge in [0, 0.05) is 36.6 Å². The Hall–Kier alpha value is -0.630. The SMILES string of the molecule is CC(C)(C)OC(=O)N1CCC(OC(=O)c2cc(I)cc(I)c2I)(c2ccccc2)CC1. The van der Waals surface area contributed by atoms with E-state index in [0.717, 1.165) is 16.3 Å². The first-order chi connectivity index (χ1) is 14.5. The van der Waals surface area contributed by atoms with E-state index in [9.17, 15) is 9.59 Å². The zero-order chi connectivity index (χ0) is 22.8. The average Bonchev–Trinajstić information content (AvgIpc) is 2.70. The van der Waals surface area contributed by atoms with Crippen molar-refractivity contribution in [2.45, 2.75) is 44.8 Å². The fraction of sp³-hybridized carbons (Fsp3) is 0.391. The normalized spacial score (nSPS) is 16.0. The fourth-order valence-corrected chi connectivity index (χ4v) is 5.88. The van der Waals surface area contributed by atoms with Gasteiger partial charge in [0.05, 0.1) is 5.56 Å². The molecule has 0 saturated carbocycles. The van der Waals surface area contributed by atoms with Crippen molar-refractivity contribution >= 4 is 79.8 Å². The summed E-state index contributed by atoms with van der Waals surface area (Å²) in [6.07, 6.45) is 0.696. The third kappa shape index (κ3) is 6.24. The Kier molecular flexibility index (Phi) is 8.15. The summed E-state index contributed by atoms with van der Waals surface area (Å²) in [6, 6.07) is 13.7. The van der Waals surface area contributed by atoms with E-state index in [1.165, 1.54) is 0 Å². The van der Waals surface area contributed by atoms with Crippen molar-refractivity contribution in [3.8, 4) is 0 Å². The van der Waals surface area contributed by atoms with Crippen LogP contribution in [0.2, 0.25) is 0 Å². The predicted octanol–water partition coefficient (Wildman–Crippen LogP) is 6.58. The quantitative estimate of drug-likeness (QED) is 0.202. The number of hydrogen-bond donors (Lipinski definition) is 0. The lowest BCUT2D eigenvalue weighted by atomic mass is 9.84. The van der Waals surface area contributed by atoms with E-state index in [4.69, 9.17) is 9.47 Å². The van der Waals surface area contributed by atoms with Gasteiger partial charge in [0.2, 0.25) is 0 Å². The molecule has 1 heterocycles. The first kappa shape index (κ1) is 25.0. The van der Waals surface area contributed by atoms with Crippen LogP contribution in [-0.4, -0.2) is 35.7 Å². The minimum Gasteiger partial charge on any atom is -0.450 e. The molecule has 5 nitrogen and oxygen atoms in total. The van der Waals surface area contributed by atoms with E-state index in [-0.39, 0.29) is 12.1 Å². The molecule has 8 heteroatoms. The smallest absolute Gasteiger partial charge is 0.410 e. The van der Waals surface area contributed by atoms with E-state index in [2.05, 4.69) is 67.8 Å². The van der Waals surface area contributed by atoms with Gasteiger partial charge in [-0.3, -0.25) is 0 Å². The van der Waals surface area contributed by atoms with Crippen LogP contribution in [0, 0.1) is 10.7 Å². The number of amides is 1. The number of halogens is 3. The number of likely N-dealkylation sites (tertiary alicyclic amines) is 1.